The third kappa shape index (κ3) is 2.74. The summed E-state index contributed by atoms with van der Waals surface area (Å²) < 4.78 is 1.69. The zero-order chi connectivity index (χ0) is 14.0. The van der Waals surface area contributed by atoms with Gasteiger partial charge in [0.15, 0.2) is 0 Å². The van der Waals surface area contributed by atoms with Gasteiger partial charge in [0, 0.05) is 19.3 Å². The van der Waals surface area contributed by atoms with Crippen molar-refractivity contribution in [2.24, 2.45) is 17.3 Å². The fraction of sp³-hybridized carbons (Fsp3) is 0.667. The lowest BCUT2D eigenvalue weighted by molar-refractivity contribution is -0.140. The SMILES string of the molecule is CC1(C)[C@H](C(=O)O)[C@@H]1C(=O)NCCCn1ccnn1. The van der Waals surface area contributed by atoms with Crippen LogP contribution in [0.1, 0.15) is 20.3 Å². The number of amides is 1. The van der Waals surface area contributed by atoms with Crippen LogP contribution in [0.25, 0.3) is 0 Å². The van der Waals surface area contributed by atoms with Crippen LogP contribution in [0.4, 0.5) is 0 Å². The summed E-state index contributed by atoms with van der Waals surface area (Å²) in [4.78, 5) is 22.9. The van der Waals surface area contributed by atoms with E-state index in [1.54, 1.807) is 17.1 Å². The van der Waals surface area contributed by atoms with Gasteiger partial charge in [-0.1, -0.05) is 19.1 Å². The molecule has 1 aromatic rings. The minimum atomic E-state index is -0.896. The van der Waals surface area contributed by atoms with Crippen molar-refractivity contribution >= 4 is 11.9 Å². The van der Waals surface area contributed by atoms with E-state index in [9.17, 15) is 9.59 Å². The molecule has 7 nitrogen and oxygen atoms in total. The van der Waals surface area contributed by atoms with Gasteiger partial charge >= 0.3 is 5.97 Å². The van der Waals surface area contributed by atoms with E-state index in [1.165, 1.54) is 0 Å². The number of aryl methyl sites for hydroxylation is 1. The fourth-order valence-electron chi connectivity index (χ4n) is 2.50. The number of nitrogens with zero attached hydrogens (tertiary/aromatic N) is 3. The minimum absolute atomic E-state index is 0.170. The van der Waals surface area contributed by atoms with Crippen LogP contribution < -0.4 is 5.32 Å². The van der Waals surface area contributed by atoms with Crippen LogP contribution >= 0.6 is 0 Å². The molecule has 2 N–H and O–H groups in total. The van der Waals surface area contributed by atoms with E-state index < -0.39 is 23.2 Å². The van der Waals surface area contributed by atoms with E-state index in [4.69, 9.17) is 5.11 Å². The zero-order valence-corrected chi connectivity index (χ0v) is 11.0. The Morgan fingerprint density at radius 3 is 2.68 bits per heavy atom. The summed E-state index contributed by atoms with van der Waals surface area (Å²) in [5, 5.41) is 19.3. The lowest BCUT2D eigenvalue weighted by Gasteiger charge is -2.05. The van der Waals surface area contributed by atoms with E-state index in [0.717, 1.165) is 6.42 Å². The van der Waals surface area contributed by atoms with Gasteiger partial charge in [0.2, 0.25) is 5.91 Å². The second-order valence-corrected chi connectivity index (χ2v) is 5.43. The van der Waals surface area contributed by atoms with Crippen molar-refractivity contribution in [2.45, 2.75) is 26.8 Å². The molecule has 0 aromatic carbocycles. The van der Waals surface area contributed by atoms with Gasteiger partial charge < -0.3 is 10.4 Å². The molecular formula is C12H18N4O3. The fourth-order valence-corrected chi connectivity index (χ4v) is 2.50. The van der Waals surface area contributed by atoms with Gasteiger partial charge in [-0.25, -0.2) is 0 Å². The summed E-state index contributed by atoms with van der Waals surface area (Å²) >= 11 is 0. The van der Waals surface area contributed by atoms with E-state index in [2.05, 4.69) is 15.6 Å². The number of carbonyl (C=O) groups is 2. The number of aromatic nitrogens is 3. The molecule has 1 heterocycles. The highest BCUT2D eigenvalue weighted by Gasteiger charge is 2.65. The molecule has 0 spiro atoms. The normalized spacial score (nSPS) is 23.9. The standard InChI is InChI=1S/C12H18N4O3/c1-12(2)8(9(12)11(18)19)10(17)13-4-3-6-16-7-5-14-15-16/h5,7-9H,3-4,6H2,1-2H3,(H,13,17)(H,18,19)/t8-,9+/m1/s1. The first-order chi connectivity index (χ1) is 8.94. The summed E-state index contributed by atoms with van der Waals surface area (Å²) in [6.07, 6.45) is 4.09. The van der Waals surface area contributed by atoms with E-state index in [1.807, 2.05) is 13.8 Å². The molecule has 1 aliphatic carbocycles. The van der Waals surface area contributed by atoms with Crippen LogP contribution in [0.5, 0.6) is 0 Å². The van der Waals surface area contributed by atoms with Crippen molar-refractivity contribution in [1.82, 2.24) is 20.3 Å². The molecule has 2 rings (SSSR count). The molecule has 1 fully saturated rings. The second kappa shape index (κ2) is 4.99. The van der Waals surface area contributed by atoms with E-state index in [0.29, 0.717) is 13.1 Å². The van der Waals surface area contributed by atoms with Crippen molar-refractivity contribution in [1.29, 1.82) is 0 Å². The van der Waals surface area contributed by atoms with Gasteiger partial charge in [0.1, 0.15) is 0 Å². The topological polar surface area (TPSA) is 97.1 Å². The Hall–Kier alpha value is -1.92. The Labute approximate surface area is 111 Å². The number of carboxylic acid groups (broad SMARTS) is 1. The summed E-state index contributed by atoms with van der Waals surface area (Å²) in [7, 11) is 0. The predicted molar refractivity (Wildman–Crippen MR) is 66.0 cm³/mol. The first kappa shape index (κ1) is 13.5. The van der Waals surface area contributed by atoms with Crippen molar-refractivity contribution in [3.8, 4) is 0 Å². The van der Waals surface area contributed by atoms with Crippen LogP contribution in [0.15, 0.2) is 12.4 Å². The van der Waals surface area contributed by atoms with Crippen molar-refractivity contribution in [3.05, 3.63) is 12.4 Å². The molecule has 0 unspecified atom stereocenters. The molecule has 7 heteroatoms. The van der Waals surface area contributed by atoms with Crippen LogP contribution in [-0.2, 0) is 16.1 Å². The molecule has 1 amide bonds. The highest BCUT2D eigenvalue weighted by molar-refractivity contribution is 5.91. The lowest BCUT2D eigenvalue weighted by Crippen LogP contribution is -2.28. The molecule has 1 aliphatic rings. The van der Waals surface area contributed by atoms with Gasteiger partial charge in [-0.05, 0) is 11.8 Å². The quantitative estimate of drug-likeness (QED) is 0.714. The highest BCUT2D eigenvalue weighted by atomic mass is 16.4. The van der Waals surface area contributed by atoms with E-state index >= 15 is 0 Å². The number of hydrogen-bond acceptors (Lipinski definition) is 4. The first-order valence-corrected chi connectivity index (χ1v) is 6.29. The number of rotatable bonds is 6. The number of carboxylic acids is 1. The summed E-state index contributed by atoms with van der Waals surface area (Å²) in [5.74, 6) is -2.05. The molecule has 0 aliphatic heterocycles. The smallest absolute Gasteiger partial charge is 0.307 e. The van der Waals surface area contributed by atoms with Crippen LogP contribution in [0.2, 0.25) is 0 Å². The maximum Gasteiger partial charge on any atom is 0.307 e. The monoisotopic (exact) mass is 266 g/mol. The molecule has 0 saturated heterocycles. The van der Waals surface area contributed by atoms with Crippen molar-refractivity contribution in [3.63, 3.8) is 0 Å². The maximum atomic E-state index is 11.9. The minimum Gasteiger partial charge on any atom is -0.481 e. The largest absolute Gasteiger partial charge is 0.481 e. The molecule has 0 bridgehead atoms. The van der Waals surface area contributed by atoms with Gasteiger partial charge in [-0.15, -0.1) is 5.10 Å². The van der Waals surface area contributed by atoms with Crippen LogP contribution in [0.3, 0.4) is 0 Å². The van der Waals surface area contributed by atoms with Crippen LogP contribution in [-0.4, -0.2) is 38.5 Å². The summed E-state index contributed by atoms with van der Waals surface area (Å²) in [5.41, 5.74) is -0.443. The molecule has 19 heavy (non-hydrogen) atoms. The first-order valence-electron chi connectivity index (χ1n) is 6.29. The number of carbonyl (C=O) groups excluding carboxylic acids is 1. The molecule has 0 radical (unpaired) electrons. The molecule has 1 saturated carbocycles. The molecule has 2 atom stereocenters. The average molecular weight is 266 g/mol. The Balaban J connectivity index is 1.72. The van der Waals surface area contributed by atoms with Gasteiger partial charge in [0.05, 0.1) is 18.0 Å². The Morgan fingerprint density at radius 2 is 2.16 bits per heavy atom. The van der Waals surface area contributed by atoms with Gasteiger partial charge in [-0.3, -0.25) is 14.3 Å². The Morgan fingerprint density at radius 1 is 1.42 bits per heavy atom. The second-order valence-electron chi connectivity index (χ2n) is 5.43. The zero-order valence-electron chi connectivity index (χ0n) is 11.0. The summed E-state index contributed by atoms with van der Waals surface area (Å²) in [6, 6.07) is 0. The van der Waals surface area contributed by atoms with Crippen molar-refractivity contribution < 1.29 is 14.7 Å². The lowest BCUT2D eigenvalue weighted by atomic mass is 10.1. The number of aliphatic carboxylic acids is 1. The predicted octanol–water partition coefficient (Wildman–Crippen LogP) is 0.141. The third-order valence-corrected chi connectivity index (χ3v) is 3.71. The summed E-state index contributed by atoms with van der Waals surface area (Å²) in [6.45, 7) is 4.81. The molecule has 1 aromatic heterocycles. The van der Waals surface area contributed by atoms with Gasteiger partial charge in [-0.2, -0.15) is 0 Å². The number of nitrogens with one attached hydrogen (secondary N) is 1. The number of hydrogen-bond donors (Lipinski definition) is 2. The van der Waals surface area contributed by atoms with E-state index in [-0.39, 0.29) is 5.91 Å². The van der Waals surface area contributed by atoms with Crippen LogP contribution in [0, 0.1) is 17.3 Å². The molecule has 104 valence electrons. The maximum absolute atomic E-state index is 11.9. The Kier molecular flexibility index (Phi) is 3.55. The van der Waals surface area contributed by atoms with Crippen molar-refractivity contribution in [2.75, 3.05) is 6.54 Å². The Bertz CT molecular complexity index is 469. The van der Waals surface area contributed by atoms with Gasteiger partial charge in [0.25, 0.3) is 0 Å². The highest BCUT2D eigenvalue weighted by Crippen LogP contribution is 2.58. The average Bonchev–Trinajstić information content (AvgIpc) is 2.73. The third-order valence-electron chi connectivity index (χ3n) is 3.71. The molecular weight excluding hydrogens is 248 g/mol.